The lowest BCUT2D eigenvalue weighted by Gasteiger charge is -2.39. The van der Waals surface area contributed by atoms with E-state index in [4.69, 9.17) is 4.74 Å². The maximum atomic E-state index is 10.3. The van der Waals surface area contributed by atoms with Gasteiger partial charge in [0.25, 0.3) is 0 Å². The number of morpholine rings is 1. The minimum atomic E-state index is -0.172. The van der Waals surface area contributed by atoms with Gasteiger partial charge in [0, 0.05) is 31.5 Å². The number of aromatic nitrogens is 3. The smallest absolute Gasteiger partial charge is 0.146 e. The van der Waals surface area contributed by atoms with Gasteiger partial charge in [-0.3, -0.25) is 4.90 Å². The summed E-state index contributed by atoms with van der Waals surface area (Å²) in [5.74, 6) is 3.15. The summed E-state index contributed by atoms with van der Waals surface area (Å²) in [6.45, 7) is 3.23. The van der Waals surface area contributed by atoms with E-state index < -0.39 is 0 Å². The van der Waals surface area contributed by atoms with Gasteiger partial charge in [-0.25, -0.2) is 0 Å². The molecule has 0 spiro atoms. The van der Waals surface area contributed by atoms with Crippen molar-refractivity contribution in [1.29, 1.82) is 0 Å². The van der Waals surface area contributed by atoms with Gasteiger partial charge in [0.05, 0.1) is 25.9 Å². The number of aliphatic hydroxyl groups excluding tert-OH is 1. The standard InChI is InChI=1S/C17H28N4O2/c1-20-16(18-19-17(20)12-4-2-5-12)10-21-8-9-23-11-14(21)13-6-3-7-15(13)22/h12-15,22H,2-11H2,1H3/t13-,14-,15-/m1/s1. The second-order valence-electron chi connectivity index (χ2n) is 7.44. The van der Waals surface area contributed by atoms with Crippen LogP contribution in [0.2, 0.25) is 0 Å². The van der Waals surface area contributed by atoms with E-state index in [-0.39, 0.29) is 6.10 Å². The summed E-state index contributed by atoms with van der Waals surface area (Å²) < 4.78 is 7.91. The highest BCUT2D eigenvalue weighted by Gasteiger charge is 2.38. The molecular formula is C17H28N4O2. The van der Waals surface area contributed by atoms with Crippen LogP contribution in [0.5, 0.6) is 0 Å². The van der Waals surface area contributed by atoms with E-state index >= 15 is 0 Å². The van der Waals surface area contributed by atoms with Gasteiger partial charge < -0.3 is 14.4 Å². The molecule has 0 amide bonds. The molecule has 1 aromatic heterocycles. The third-order valence-electron chi connectivity index (χ3n) is 6.12. The van der Waals surface area contributed by atoms with Crippen molar-refractivity contribution in [3.8, 4) is 0 Å². The van der Waals surface area contributed by atoms with Crippen molar-refractivity contribution in [3.05, 3.63) is 11.6 Å². The Bertz CT molecular complexity index is 543. The first-order chi connectivity index (χ1) is 11.2. The summed E-state index contributed by atoms with van der Waals surface area (Å²) in [6, 6.07) is 0.310. The van der Waals surface area contributed by atoms with E-state index in [1.54, 1.807) is 0 Å². The van der Waals surface area contributed by atoms with Crippen molar-refractivity contribution >= 4 is 0 Å². The number of hydrogen-bond acceptors (Lipinski definition) is 5. The van der Waals surface area contributed by atoms with Crippen molar-refractivity contribution in [3.63, 3.8) is 0 Å². The van der Waals surface area contributed by atoms with E-state index in [1.165, 1.54) is 19.3 Å². The first-order valence-electron chi connectivity index (χ1n) is 9.12. The van der Waals surface area contributed by atoms with E-state index in [9.17, 15) is 5.11 Å². The van der Waals surface area contributed by atoms with Gasteiger partial charge in [0.1, 0.15) is 11.6 Å². The highest BCUT2D eigenvalue weighted by molar-refractivity contribution is 5.05. The Balaban J connectivity index is 1.48. The van der Waals surface area contributed by atoms with Crippen molar-refractivity contribution in [1.82, 2.24) is 19.7 Å². The van der Waals surface area contributed by atoms with Crippen LogP contribution in [0.3, 0.4) is 0 Å². The highest BCUT2D eigenvalue weighted by Crippen LogP contribution is 2.36. The largest absolute Gasteiger partial charge is 0.393 e. The van der Waals surface area contributed by atoms with Crippen LogP contribution in [-0.2, 0) is 18.3 Å². The second kappa shape index (κ2) is 6.49. The number of aliphatic hydroxyl groups is 1. The molecule has 0 unspecified atom stereocenters. The van der Waals surface area contributed by atoms with Crippen molar-refractivity contribution < 1.29 is 9.84 Å². The monoisotopic (exact) mass is 320 g/mol. The lowest BCUT2D eigenvalue weighted by atomic mass is 9.85. The summed E-state index contributed by atoms with van der Waals surface area (Å²) in [5.41, 5.74) is 0. The van der Waals surface area contributed by atoms with Crippen LogP contribution in [0.15, 0.2) is 0 Å². The second-order valence-corrected chi connectivity index (χ2v) is 7.44. The molecule has 23 heavy (non-hydrogen) atoms. The summed E-state index contributed by atoms with van der Waals surface area (Å²) in [5, 5.41) is 19.2. The van der Waals surface area contributed by atoms with Crippen LogP contribution in [0.4, 0.5) is 0 Å². The van der Waals surface area contributed by atoms with E-state index in [0.29, 0.717) is 17.9 Å². The van der Waals surface area contributed by atoms with E-state index in [2.05, 4.69) is 26.7 Å². The zero-order valence-corrected chi connectivity index (χ0v) is 14.0. The quantitative estimate of drug-likeness (QED) is 0.909. The van der Waals surface area contributed by atoms with Crippen LogP contribution in [0, 0.1) is 5.92 Å². The average Bonchev–Trinajstić information content (AvgIpc) is 3.07. The van der Waals surface area contributed by atoms with Crippen LogP contribution >= 0.6 is 0 Å². The van der Waals surface area contributed by atoms with Gasteiger partial charge in [-0.2, -0.15) is 0 Å². The Morgan fingerprint density at radius 2 is 2.00 bits per heavy atom. The summed E-state index contributed by atoms with van der Waals surface area (Å²) in [6.07, 6.45) is 6.82. The van der Waals surface area contributed by atoms with Gasteiger partial charge in [-0.05, 0) is 25.7 Å². The van der Waals surface area contributed by atoms with Crippen molar-refractivity contribution in [2.24, 2.45) is 13.0 Å². The molecule has 1 aromatic rings. The Hall–Kier alpha value is -0.980. The Labute approximate surface area is 137 Å². The van der Waals surface area contributed by atoms with Gasteiger partial charge in [-0.1, -0.05) is 12.8 Å². The zero-order chi connectivity index (χ0) is 15.8. The van der Waals surface area contributed by atoms with E-state index in [1.807, 2.05) is 0 Å². The fraction of sp³-hybridized carbons (Fsp3) is 0.882. The molecule has 2 aliphatic carbocycles. The summed E-state index contributed by atoms with van der Waals surface area (Å²) >= 11 is 0. The molecule has 2 saturated carbocycles. The SMILES string of the molecule is Cn1c(CN2CCOC[C@@H]2[C@H]2CCC[C@H]2O)nnc1C1CCC1. The fourth-order valence-electron chi connectivity index (χ4n) is 4.38. The minimum Gasteiger partial charge on any atom is -0.393 e. The van der Waals surface area contributed by atoms with E-state index in [0.717, 1.165) is 57.2 Å². The molecule has 6 heteroatoms. The number of rotatable bonds is 4. The third kappa shape index (κ3) is 2.92. The van der Waals surface area contributed by atoms with Gasteiger partial charge in [-0.15, -0.1) is 10.2 Å². The molecule has 0 aromatic carbocycles. The molecule has 3 fully saturated rings. The molecule has 128 valence electrons. The maximum Gasteiger partial charge on any atom is 0.146 e. The van der Waals surface area contributed by atoms with Crippen LogP contribution in [-0.4, -0.2) is 56.7 Å². The minimum absolute atomic E-state index is 0.172. The predicted molar refractivity (Wildman–Crippen MR) is 86.0 cm³/mol. The van der Waals surface area contributed by atoms with Crippen LogP contribution in [0.1, 0.15) is 56.1 Å². The molecule has 1 N–H and O–H groups in total. The topological polar surface area (TPSA) is 63.4 Å². The Morgan fingerprint density at radius 1 is 1.17 bits per heavy atom. The molecule has 4 rings (SSSR count). The number of ether oxygens (including phenoxy) is 1. The van der Waals surface area contributed by atoms with Gasteiger partial charge in [0.15, 0.2) is 0 Å². The third-order valence-corrected chi connectivity index (χ3v) is 6.12. The number of hydrogen-bond donors (Lipinski definition) is 1. The molecule has 0 bridgehead atoms. The average molecular weight is 320 g/mol. The first kappa shape index (κ1) is 15.5. The molecule has 6 nitrogen and oxygen atoms in total. The van der Waals surface area contributed by atoms with Crippen LogP contribution in [0.25, 0.3) is 0 Å². The molecule has 1 saturated heterocycles. The van der Waals surface area contributed by atoms with Crippen molar-refractivity contribution in [2.45, 2.75) is 63.1 Å². The Morgan fingerprint density at radius 3 is 2.70 bits per heavy atom. The molecule has 2 heterocycles. The summed E-state index contributed by atoms with van der Waals surface area (Å²) in [4.78, 5) is 2.46. The fourth-order valence-corrected chi connectivity index (χ4v) is 4.38. The first-order valence-corrected chi connectivity index (χ1v) is 9.12. The molecule has 3 aliphatic rings. The van der Waals surface area contributed by atoms with Crippen molar-refractivity contribution in [2.75, 3.05) is 19.8 Å². The maximum absolute atomic E-state index is 10.3. The zero-order valence-electron chi connectivity index (χ0n) is 14.0. The van der Waals surface area contributed by atoms with Crippen LogP contribution < -0.4 is 0 Å². The highest BCUT2D eigenvalue weighted by atomic mass is 16.5. The normalized spacial score (nSPS) is 33.0. The Kier molecular flexibility index (Phi) is 4.39. The number of nitrogens with zero attached hydrogens (tertiary/aromatic N) is 4. The molecular weight excluding hydrogens is 292 g/mol. The predicted octanol–water partition coefficient (Wildman–Crippen LogP) is 1.44. The van der Waals surface area contributed by atoms with Gasteiger partial charge >= 0.3 is 0 Å². The lowest BCUT2D eigenvalue weighted by Crippen LogP contribution is -2.50. The lowest BCUT2D eigenvalue weighted by molar-refractivity contribution is -0.0548. The molecule has 1 aliphatic heterocycles. The van der Waals surface area contributed by atoms with Gasteiger partial charge in [0.2, 0.25) is 0 Å². The molecule has 0 radical (unpaired) electrons. The molecule has 3 atom stereocenters. The summed E-state index contributed by atoms with van der Waals surface area (Å²) in [7, 11) is 2.10.